The van der Waals surface area contributed by atoms with Crippen molar-refractivity contribution in [3.05, 3.63) is 28.6 Å². The largest absolute Gasteiger partial charge is 0.457 e. The summed E-state index contributed by atoms with van der Waals surface area (Å²) in [7, 11) is 0. The van der Waals surface area contributed by atoms with E-state index in [-0.39, 0.29) is 35.0 Å². The van der Waals surface area contributed by atoms with Crippen LogP contribution in [0.25, 0.3) is 20.7 Å². The number of hydrogen-bond donors (Lipinski definition) is 5. The van der Waals surface area contributed by atoms with E-state index in [1.54, 1.807) is 4.57 Å². The number of thiazole rings is 2. The number of hydrogen-bond acceptors (Lipinski definition) is 13. The fraction of sp³-hybridized carbons (Fsp3) is 0.421. The highest BCUT2D eigenvalue weighted by Gasteiger charge is 2.45. The highest BCUT2D eigenvalue weighted by Crippen LogP contribution is 2.39. The van der Waals surface area contributed by atoms with Crippen LogP contribution >= 0.6 is 47.1 Å². The first-order chi connectivity index (χ1) is 17.0. The average Bonchev–Trinajstić information content (AvgIpc) is 3.41. The van der Waals surface area contributed by atoms with Gasteiger partial charge in [-0.05, 0) is 30.9 Å². The number of nitrogen functional groups attached to an aromatic ring is 2. The molecule has 13 nitrogen and oxygen atoms in total. The van der Waals surface area contributed by atoms with Gasteiger partial charge in [0.2, 0.25) is 11.9 Å². The maximum absolute atomic E-state index is 12.1. The van der Waals surface area contributed by atoms with E-state index < -0.39 is 18.3 Å². The summed E-state index contributed by atoms with van der Waals surface area (Å²) in [4.78, 5) is 50.4. The Balaban J connectivity index is 0.000000211. The lowest BCUT2D eigenvalue weighted by atomic mass is 9.98. The second-order valence-electron chi connectivity index (χ2n) is 7.89. The zero-order chi connectivity index (χ0) is 26.3. The van der Waals surface area contributed by atoms with Gasteiger partial charge in [0.05, 0.1) is 6.10 Å². The predicted molar refractivity (Wildman–Crippen MR) is 142 cm³/mol. The molecule has 1 fully saturated rings. The molecule has 1 aliphatic heterocycles. The Hall–Kier alpha value is -2.99. The molecule has 0 aromatic carbocycles. The van der Waals surface area contributed by atoms with Crippen LogP contribution in [0, 0.1) is 13.8 Å². The van der Waals surface area contributed by atoms with Gasteiger partial charge < -0.3 is 25.9 Å². The number of esters is 1. The van der Waals surface area contributed by atoms with Crippen LogP contribution < -0.4 is 22.6 Å². The number of carbonyl (C=O) groups excluding carboxylic acids is 1. The first kappa shape index (κ1) is 26.1. The fourth-order valence-electron chi connectivity index (χ4n) is 3.93. The zero-order valence-electron chi connectivity index (χ0n) is 19.2. The van der Waals surface area contributed by atoms with Crippen LogP contribution in [-0.4, -0.2) is 47.7 Å². The lowest BCUT2D eigenvalue weighted by Crippen LogP contribution is -2.30. The lowest BCUT2D eigenvalue weighted by Gasteiger charge is -2.22. The van der Waals surface area contributed by atoms with Crippen molar-refractivity contribution in [3.63, 3.8) is 0 Å². The van der Waals surface area contributed by atoms with E-state index in [4.69, 9.17) is 45.4 Å². The summed E-state index contributed by atoms with van der Waals surface area (Å²) in [5.74, 6) is -0.318. The van der Waals surface area contributed by atoms with Gasteiger partial charge in [-0.1, -0.05) is 36.5 Å². The number of nitrogens with one attached hydrogen (secondary N) is 3. The number of nitrogens with two attached hydrogens (primary N) is 2. The van der Waals surface area contributed by atoms with Crippen LogP contribution in [0.2, 0.25) is 0 Å². The van der Waals surface area contributed by atoms with Gasteiger partial charge in [0, 0.05) is 12.8 Å². The molecule has 0 bridgehead atoms. The fourth-order valence-corrected chi connectivity index (χ4v) is 6.23. The normalized spacial score (nSPS) is 21.4. The van der Waals surface area contributed by atoms with Crippen LogP contribution in [0.1, 0.15) is 33.4 Å². The molecule has 1 saturated heterocycles. The van der Waals surface area contributed by atoms with E-state index in [0.717, 1.165) is 17.8 Å². The lowest BCUT2D eigenvalue weighted by molar-refractivity contribution is -0.153. The molecule has 0 amide bonds. The number of fused-ring (bicyclic) bond motifs is 2. The molecule has 4 aromatic rings. The van der Waals surface area contributed by atoms with Crippen molar-refractivity contribution in [3.8, 4) is 0 Å². The number of aromatic nitrogens is 6. The number of H-pyrrole nitrogens is 3. The minimum absolute atomic E-state index is 0.00354. The quantitative estimate of drug-likeness (QED) is 0.179. The van der Waals surface area contributed by atoms with Crippen LogP contribution in [0.4, 0.5) is 11.9 Å². The molecule has 1 aliphatic rings. The molecule has 0 saturated carbocycles. The Bertz CT molecular complexity index is 1680. The van der Waals surface area contributed by atoms with Crippen molar-refractivity contribution in [2.75, 3.05) is 11.5 Å². The van der Waals surface area contributed by atoms with Crippen LogP contribution in [0.15, 0.2) is 9.59 Å². The van der Waals surface area contributed by atoms with Gasteiger partial charge in [-0.2, -0.15) is 9.97 Å². The molecule has 5 rings (SSSR count). The molecule has 192 valence electrons. The van der Waals surface area contributed by atoms with Crippen molar-refractivity contribution < 1.29 is 14.3 Å². The number of nitrogens with zero attached hydrogens (tertiary/aromatic N) is 3. The van der Waals surface area contributed by atoms with Gasteiger partial charge in [0.25, 0.3) is 11.1 Å². The van der Waals surface area contributed by atoms with Crippen molar-refractivity contribution in [2.24, 2.45) is 5.92 Å². The van der Waals surface area contributed by atoms with Crippen LogP contribution in [0.5, 0.6) is 0 Å². The van der Waals surface area contributed by atoms with E-state index in [0.29, 0.717) is 28.6 Å². The molecular formula is C19H22N8O5S4. The summed E-state index contributed by atoms with van der Waals surface area (Å²) < 4.78 is 15.0. The number of ether oxygens (including phenoxy) is 2. The SMILES string of the molecule is CC[C@H]1O[C@@H](n2c(=S)sc3c(=O)[nH]c(N)nc32)[C@H](OC(C)=O)[C@H]1C.Nc1nc2[nH]c(=S)sc2c(=O)[nH]1. The van der Waals surface area contributed by atoms with E-state index in [9.17, 15) is 14.4 Å². The van der Waals surface area contributed by atoms with Gasteiger partial charge in [0.1, 0.15) is 9.40 Å². The van der Waals surface area contributed by atoms with E-state index in [2.05, 4.69) is 24.9 Å². The van der Waals surface area contributed by atoms with E-state index in [1.165, 1.54) is 18.3 Å². The summed E-state index contributed by atoms with van der Waals surface area (Å²) in [5.41, 5.74) is 11.2. The number of anilines is 2. The standard InChI is InChI=1S/C14H18N4O4S2.C5H4N4OS2/c1-4-7-5(2)8(21-6(3)19)12(22-7)18-10-9(24-14(18)23)11(20)17-13(15)16-10;6-4-7-2-1(3(10)9-4)12-5(11)8-2/h5,7-8,12H,4H2,1-3H3,(H3,15,16,17,20);(H4,6,7,8,9,10,11)/t5-,7+,8+,12+;/m0./s1. The molecule has 0 radical (unpaired) electrons. The second-order valence-corrected chi connectivity index (χ2v) is 11.2. The van der Waals surface area contributed by atoms with Gasteiger partial charge in [-0.15, -0.1) is 0 Å². The first-order valence-electron chi connectivity index (χ1n) is 10.6. The van der Waals surface area contributed by atoms with Gasteiger partial charge in [-0.25, -0.2) is 0 Å². The maximum atomic E-state index is 12.1. The highest BCUT2D eigenvalue weighted by molar-refractivity contribution is 7.74. The summed E-state index contributed by atoms with van der Waals surface area (Å²) >= 11 is 12.6. The average molecular weight is 571 g/mol. The number of carbonyl (C=O) groups is 1. The Morgan fingerprint density at radius 2 is 1.75 bits per heavy atom. The molecule has 0 unspecified atom stereocenters. The molecule has 5 heterocycles. The molecular weight excluding hydrogens is 549 g/mol. The Kier molecular flexibility index (Phi) is 7.37. The maximum Gasteiger partial charge on any atom is 0.303 e. The zero-order valence-corrected chi connectivity index (χ0v) is 22.5. The molecule has 4 atom stereocenters. The third-order valence-electron chi connectivity index (χ3n) is 5.46. The molecule has 4 aromatic heterocycles. The van der Waals surface area contributed by atoms with E-state index in [1.807, 2.05) is 13.8 Å². The molecule has 0 aliphatic carbocycles. The Morgan fingerprint density at radius 1 is 1.11 bits per heavy atom. The minimum Gasteiger partial charge on any atom is -0.457 e. The van der Waals surface area contributed by atoms with Crippen molar-refractivity contribution in [1.82, 2.24) is 29.5 Å². The van der Waals surface area contributed by atoms with Gasteiger partial charge >= 0.3 is 5.97 Å². The van der Waals surface area contributed by atoms with Crippen molar-refractivity contribution in [1.29, 1.82) is 0 Å². The summed E-state index contributed by atoms with van der Waals surface area (Å²) in [6.07, 6.45) is -0.473. The smallest absolute Gasteiger partial charge is 0.303 e. The topological polar surface area (TPSA) is 200 Å². The highest BCUT2D eigenvalue weighted by atomic mass is 32.2. The van der Waals surface area contributed by atoms with Crippen molar-refractivity contribution >= 4 is 85.7 Å². The third kappa shape index (κ3) is 4.96. The summed E-state index contributed by atoms with van der Waals surface area (Å²) in [6.45, 7) is 5.32. The summed E-state index contributed by atoms with van der Waals surface area (Å²) in [5, 5.41) is 0. The second kappa shape index (κ2) is 10.2. The molecule has 36 heavy (non-hydrogen) atoms. The van der Waals surface area contributed by atoms with Gasteiger partial charge in [-0.3, -0.25) is 28.9 Å². The van der Waals surface area contributed by atoms with E-state index >= 15 is 0 Å². The summed E-state index contributed by atoms with van der Waals surface area (Å²) in [6, 6.07) is 0. The predicted octanol–water partition coefficient (Wildman–Crippen LogP) is 2.60. The molecule has 17 heteroatoms. The first-order valence-corrected chi connectivity index (χ1v) is 13.1. The van der Waals surface area contributed by atoms with Crippen LogP contribution in [-0.2, 0) is 14.3 Å². The van der Waals surface area contributed by atoms with Crippen molar-refractivity contribution in [2.45, 2.75) is 45.6 Å². The monoisotopic (exact) mass is 570 g/mol. The number of aromatic amines is 3. The number of rotatable bonds is 3. The Morgan fingerprint density at radius 3 is 2.39 bits per heavy atom. The molecule has 7 N–H and O–H groups in total. The third-order valence-corrected chi connectivity index (χ3v) is 8.07. The van der Waals surface area contributed by atoms with Crippen LogP contribution in [0.3, 0.4) is 0 Å². The van der Waals surface area contributed by atoms with Gasteiger partial charge in [0.15, 0.2) is 31.5 Å². The minimum atomic E-state index is -0.635. The molecule has 0 spiro atoms. The Labute approximate surface area is 220 Å².